The molecule has 0 saturated heterocycles. The van der Waals surface area contributed by atoms with Crippen LogP contribution < -0.4 is 10.1 Å². The molecule has 130 valence electrons. The zero-order valence-corrected chi connectivity index (χ0v) is 14.7. The van der Waals surface area contributed by atoms with Gasteiger partial charge in [-0.2, -0.15) is 0 Å². The third-order valence-electron chi connectivity index (χ3n) is 4.63. The highest BCUT2D eigenvalue weighted by Gasteiger charge is 2.21. The monoisotopic (exact) mass is 321 g/mol. The van der Waals surface area contributed by atoms with Crippen molar-refractivity contribution in [3.05, 3.63) is 28.8 Å². The minimum atomic E-state index is -0.195. The number of rotatable bonds is 8. The van der Waals surface area contributed by atoms with Gasteiger partial charge in [-0.1, -0.05) is 18.9 Å². The molecule has 0 radical (unpaired) electrons. The zero-order chi connectivity index (χ0) is 16.7. The predicted molar refractivity (Wildman–Crippen MR) is 93.2 cm³/mol. The Morgan fingerprint density at radius 1 is 1.09 bits per heavy atom. The van der Waals surface area contributed by atoms with E-state index in [9.17, 15) is 5.11 Å². The molecule has 1 fully saturated rings. The molecule has 0 unspecified atom stereocenters. The highest BCUT2D eigenvalue weighted by Crippen LogP contribution is 2.23. The maximum atomic E-state index is 9.88. The van der Waals surface area contributed by atoms with Crippen molar-refractivity contribution in [1.29, 1.82) is 0 Å². The zero-order valence-electron chi connectivity index (χ0n) is 14.7. The first-order valence-electron chi connectivity index (χ1n) is 8.78. The molecular weight excluding hydrogens is 290 g/mol. The molecule has 2 atom stereocenters. The van der Waals surface area contributed by atoms with E-state index in [2.05, 4.69) is 38.2 Å². The number of hydrogen-bond donors (Lipinski definition) is 2. The second kappa shape index (κ2) is 9.26. The van der Waals surface area contributed by atoms with Gasteiger partial charge in [-0.05, 0) is 56.4 Å². The summed E-state index contributed by atoms with van der Waals surface area (Å²) in [4.78, 5) is 0. The summed E-state index contributed by atoms with van der Waals surface area (Å²) < 4.78 is 11.4. The first-order valence-corrected chi connectivity index (χ1v) is 8.78. The summed E-state index contributed by atoms with van der Waals surface area (Å²) in [6.45, 7) is 8.86. The van der Waals surface area contributed by atoms with Crippen LogP contribution in [0.4, 0.5) is 0 Å². The van der Waals surface area contributed by atoms with Crippen LogP contribution in [0.25, 0.3) is 0 Å². The summed E-state index contributed by atoms with van der Waals surface area (Å²) >= 11 is 0. The first kappa shape index (κ1) is 18.2. The third kappa shape index (κ3) is 5.79. The maximum absolute atomic E-state index is 9.88. The molecular formula is C19H31NO3. The lowest BCUT2D eigenvalue weighted by Gasteiger charge is -2.28. The highest BCUT2D eigenvalue weighted by atomic mass is 16.5. The van der Waals surface area contributed by atoms with Crippen molar-refractivity contribution in [3.8, 4) is 5.75 Å². The van der Waals surface area contributed by atoms with Crippen molar-refractivity contribution in [1.82, 2.24) is 5.32 Å². The van der Waals surface area contributed by atoms with Crippen LogP contribution in [-0.4, -0.2) is 43.6 Å². The second-order valence-corrected chi connectivity index (χ2v) is 6.58. The Balaban J connectivity index is 1.57. The van der Waals surface area contributed by atoms with Crippen molar-refractivity contribution in [2.45, 2.75) is 58.6 Å². The lowest BCUT2D eigenvalue weighted by atomic mass is 9.93. The van der Waals surface area contributed by atoms with Crippen molar-refractivity contribution in [3.63, 3.8) is 0 Å². The molecule has 0 aromatic heterocycles. The summed E-state index contributed by atoms with van der Waals surface area (Å²) in [5.41, 5.74) is 3.68. The lowest BCUT2D eigenvalue weighted by molar-refractivity contribution is 0.0732. The number of aliphatic hydroxyl groups is 1. The minimum Gasteiger partial charge on any atom is -0.491 e. The second-order valence-electron chi connectivity index (χ2n) is 6.58. The van der Waals surface area contributed by atoms with E-state index < -0.39 is 0 Å². The van der Waals surface area contributed by atoms with E-state index in [-0.39, 0.29) is 12.1 Å². The van der Waals surface area contributed by atoms with E-state index in [1.165, 1.54) is 23.1 Å². The van der Waals surface area contributed by atoms with Gasteiger partial charge in [0.15, 0.2) is 0 Å². The van der Waals surface area contributed by atoms with Crippen LogP contribution >= 0.6 is 0 Å². The van der Waals surface area contributed by atoms with Crippen LogP contribution in [0, 0.1) is 20.8 Å². The fourth-order valence-electron chi connectivity index (χ4n) is 3.13. The van der Waals surface area contributed by atoms with E-state index in [0.29, 0.717) is 19.8 Å². The fourth-order valence-corrected chi connectivity index (χ4v) is 3.13. The fraction of sp³-hybridized carbons (Fsp3) is 0.684. The molecule has 1 aliphatic carbocycles. The van der Waals surface area contributed by atoms with Gasteiger partial charge in [0.25, 0.3) is 0 Å². The van der Waals surface area contributed by atoms with Crippen LogP contribution in [0.3, 0.4) is 0 Å². The molecule has 1 saturated carbocycles. The Bertz CT molecular complexity index is 490. The Labute approximate surface area is 140 Å². The van der Waals surface area contributed by atoms with E-state index >= 15 is 0 Å². The Morgan fingerprint density at radius 3 is 2.65 bits per heavy atom. The van der Waals surface area contributed by atoms with Gasteiger partial charge in [0.1, 0.15) is 12.4 Å². The van der Waals surface area contributed by atoms with Gasteiger partial charge in [-0.3, -0.25) is 0 Å². The lowest BCUT2D eigenvalue weighted by Crippen LogP contribution is -2.43. The summed E-state index contributed by atoms with van der Waals surface area (Å²) in [6, 6.07) is 4.49. The van der Waals surface area contributed by atoms with Gasteiger partial charge in [-0.25, -0.2) is 0 Å². The van der Waals surface area contributed by atoms with Crippen LogP contribution in [0.1, 0.15) is 42.4 Å². The molecule has 2 N–H and O–H groups in total. The minimum absolute atomic E-state index is 0.195. The van der Waals surface area contributed by atoms with Crippen molar-refractivity contribution in [2.24, 2.45) is 0 Å². The first-order chi connectivity index (χ1) is 11.1. The van der Waals surface area contributed by atoms with E-state index in [4.69, 9.17) is 9.47 Å². The Kier molecular flexibility index (Phi) is 7.34. The molecule has 1 aliphatic rings. The van der Waals surface area contributed by atoms with Gasteiger partial charge < -0.3 is 19.9 Å². The van der Waals surface area contributed by atoms with Crippen LogP contribution in [-0.2, 0) is 4.74 Å². The molecule has 2 rings (SSSR count). The van der Waals surface area contributed by atoms with Gasteiger partial charge in [0.2, 0.25) is 0 Å². The summed E-state index contributed by atoms with van der Waals surface area (Å²) in [6.07, 6.45) is 4.14. The quantitative estimate of drug-likeness (QED) is 0.723. The van der Waals surface area contributed by atoms with Gasteiger partial charge in [0, 0.05) is 12.6 Å². The highest BCUT2D eigenvalue weighted by molar-refractivity contribution is 5.41. The number of benzene rings is 1. The average Bonchev–Trinajstić information content (AvgIpc) is 2.52. The molecule has 23 heavy (non-hydrogen) atoms. The number of aliphatic hydroxyl groups excluding tert-OH is 1. The molecule has 4 nitrogen and oxygen atoms in total. The Morgan fingerprint density at radius 2 is 1.87 bits per heavy atom. The molecule has 0 aliphatic heterocycles. The Hall–Kier alpha value is -1.10. The van der Waals surface area contributed by atoms with Crippen molar-refractivity contribution >= 4 is 0 Å². The summed E-state index contributed by atoms with van der Waals surface area (Å²) in [5, 5.41) is 13.3. The van der Waals surface area contributed by atoms with E-state index in [1.807, 2.05) is 0 Å². The third-order valence-corrected chi connectivity index (χ3v) is 4.63. The predicted octanol–water partition coefficient (Wildman–Crippen LogP) is 2.90. The average molecular weight is 321 g/mol. The molecule has 4 heteroatoms. The largest absolute Gasteiger partial charge is 0.491 e. The molecule has 0 amide bonds. The van der Waals surface area contributed by atoms with Crippen molar-refractivity contribution in [2.75, 3.05) is 26.4 Å². The number of ether oxygens (including phenoxy) is 2. The van der Waals surface area contributed by atoms with Crippen LogP contribution in [0.15, 0.2) is 12.1 Å². The normalized spacial score (nSPS) is 21.4. The summed E-state index contributed by atoms with van der Waals surface area (Å²) in [7, 11) is 0. The molecule has 0 spiro atoms. The van der Waals surface area contributed by atoms with Gasteiger partial charge in [0.05, 0.1) is 19.3 Å². The molecule has 0 heterocycles. The molecule has 1 aromatic carbocycles. The van der Waals surface area contributed by atoms with Gasteiger partial charge >= 0.3 is 0 Å². The smallest absolute Gasteiger partial charge is 0.122 e. The van der Waals surface area contributed by atoms with E-state index in [0.717, 1.165) is 31.6 Å². The summed E-state index contributed by atoms with van der Waals surface area (Å²) in [5.74, 6) is 0.953. The van der Waals surface area contributed by atoms with Crippen LogP contribution in [0.5, 0.6) is 5.75 Å². The molecule has 1 aromatic rings. The topological polar surface area (TPSA) is 50.7 Å². The molecule has 0 bridgehead atoms. The maximum Gasteiger partial charge on any atom is 0.122 e. The van der Waals surface area contributed by atoms with Gasteiger partial charge in [-0.15, -0.1) is 0 Å². The number of hydrogen-bond acceptors (Lipinski definition) is 4. The number of aryl methyl sites for hydroxylation is 2. The standard InChI is InChI=1S/C19H31NO3/c1-14-12-15(2)16(3)19(13-14)23-11-10-22-9-8-20-17-6-4-5-7-18(17)21/h12-13,17-18,20-21H,4-11H2,1-3H3/t17-,18-/m0/s1. The number of nitrogens with one attached hydrogen (secondary N) is 1. The van der Waals surface area contributed by atoms with Crippen LogP contribution in [0.2, 0.25) is 0 Å². The van der Waals surface area contributed by atoms with Crippen molar-refractivity contribution < 1.29 is 14.6 Å². The SMILES string of the molecule is Cc1cc(C)c(C)c(OCCOCCN[C@H]2CCCC[C@@H]2O)c1. The van der Waals surface area contributed by atoms with E-state index in [1.54, 1.807) is 0 Å².